The molecule has 0 saturated carbocycles. The van der Waals surface area contributed by atoms with Crippen LogP contribution in [0.15, 0.2) is 30.3 Å². The minimum atomic E-state index is -1.24. The van der Waals surface area contributed by atoms with E-state index in [1.54, 1.807) is 0 Å². The van der Waals surface area contributed by atoms with E-state index in [-0.39, 0.29) is 0 Å². The lowest BCUT2D eigenvalue weighted by Crippen LogP contribution is -2.09. The van der Waals surface area contributed by atoms with Crippen LogP contribution in [-0.2, 0) is 25.7 Å². The SMILES string of the molecule is CCCCc1c(OC(=O)O)ccc(-c2cccc(CC)c2CC)c1CCCC. The molecule has 2 aromatic carbocycles. The number of aryl methyl sites for hydroxylation is 1. The van der Waals surface area contributed by atoms with Gasteiger partial charge in [-0.2, -0.15) is 0 Å². The summed E-state index contributed by atoms with van der Waals surface area (Å²) in [4.78, 5) is 11.2. The maximum absolute atomic E-state index is 11.2. The summed E-state index contributed by atoms with van der Waals surface area (Å²) >= 11 is 0. The molecule has 3 heteroatoms. The van der Waals surface area contributed by atoms with Gasteiger partial charge in [0.25, 0.3) is 0 Å². The Morgan fingerprint density at radius 2 is 1.46 bits per heavy atom. The van der Waals surface area contributed by atoms with Gasteiger partial charge in [-0.05, 0) is 78.0 Å². The highest BCUT2D eigenvalue weighted by atomic mass is 16.7. The molecule has 28 heavy (non-hydrogen) atoms. The Morgan fingerprint density at radius 3 is 2.04 bits per heavy atom. The van der Waals surface area contributed by atoms with Crippen LogP contribution < -0.4 is 4.74 Å². The molecule has 2 rings (SSSR count). The fourth-order valence-electron chi connectivity index (χ4n) is 4.02. The summed E-state index contributed by atoms with van der Waals surface area (Å²) in [5.41, 5.74) is 7.65. The maximum Gasteiger partial charge on any atom is 0.511 e. The quantitative estimate of drug-likeness (QED) is 0.348. The van der Waals surface area contributed by atoms with E-state index < -0.39 is 6.16 Å². The summed E-state index contributed by atoms with van der Waals surface area (Å²) in [5, 5.41) is 9.20. The third-order valence-electron chi connectivity index (χ3n) is 5.44. The Morgan fingerprint density at radius 1 is 0.821 bits per heavy atom. The summed E-state index contributed by atoms with van der Waals surface area (Å²) in [6, 6.07) is 10.5. The highest BCUT2D eigenvalue weighted by molar-refractivity contribution is 5.75. The molecule has 0 aliphatic rings. The predicted molar refractivity (Wildman–Crippen MR) is 117 cm³/mol. The highest BCUT2D eigenvalue weighted by Crippen LogP contribution is 2.37. The first-order chi connectivity index (χ1) is 13.6. The molecule has 0 aliphatic heterocycles. The van der Waals surface area contributed by atoms with Gasteiger partial charge in [-0.25, -0.2) is 4.79 Å². The molecule has 0 spiro atoms. The van der Waals surface area contributed by atoms with Crippen molar-refractivity contribution in [1.29, 1.82) is 0 Å². The average molecular weight is 383 g/mol. The normalized spacial score (nSPS) is 10.9. The first-order valence-corrected chi connectivity index (χ1v) is 10.7. The topological polar surface area (TPSA) is 46.5 Å². The van der Waals surface area contributed by atoms with Gasteiger partial charge in [0, 0.05) is 0 Å². The monoisotopic (exact) mass is 382 g/mol. The molecule has 0 atom stereocenters. The molecule has 0 amide bonds. The lowest BCUT2D eigenvalue weighted by molar-refractivity contribution is 0.144. The highest BCUT2D eigenvalue weighted by Gasteiger charge is 2.19. The van der Waals surface area contributed by atoms with Crippen molar-refractivity contribution in [1.82, 2.24) is 0 Å². The van der Waals surface area contributed by atoms with E-state index in [9.17, 15) is 9.90 Å². The molecular formula is C25H34O3. The van der Waals surface area contributed by atoms with Gasteiger partial charge in [-0.3, -0.25) is 0 Å². The van der Waals surface area contributed by atoms with Crippen molar-refractivity contribution >= 4 is 6.16 Å². The molecule has 0 fully saturated rings. The Hall–Kier alpha value is -2.29. The summed E-state index contributed by atoms with van der Waals surface area (Å²) in [7, 11) is 0. The summed E-state index contributed by atoms with van der Waals surface area (Å²) in [6.45, 7) is 8.77. The zero-order chi connectivity index (χ0) is 20.5. The average Bonchev–Trinajstić information content (AvgIpc) is 2.70. The first-order valence-electron chi connectivity index (χ1n) is 10.7. The molecule has 152 valence electrons. The van der Waals surface area contributed by atoms with E-state index in [2.05, 4.69) is 52.0 Å². The van der Waals surface area contributed by atoms with E-state index >= 15 is 0 Å². The number of rotatable bonds is 10. The summed E-state index contributed by atoms with van der Waals surface area (Å²) in [5.74, 6) is 0.500. The van der Waals surface area contributed by atoms with Crippen molar-refractivity contribution in [3.05, 3.63) is 52.6 Å². The van der Waals surface area contributed by atoms with Crippen molar-refractivity contribution < 1.29 is 14.6 Å². The molecule has 0 radical (unpaired) electrons. The molecule has 2 aromatic rings. The second-order valence-electron chi connectivity index (χ2n) is 7.29. The molecule has 1 N–H and O–H groups in total. The van der Waals surface area contributed by atoms with Crippen LogP contribution in [0.4, 0.5) is 4.79 Å². The van der Waals surface area contributed by atoms with Crippen LogP contribution in [-0.4, -0.2) is 11.3 Å². The summed E-state index contributed by atoms with van der Waals surface area (Å²) < 4.78 is 5.17. The Balaban J connectivity index is 2.71. The van der Waals surface area contributed by atoms with Crippen LogP contribution in [0.1, 0.15) is 75.6 Å². The second-order valence-corrected chi connectivity index (χ2v) is 7.29. The second kappa shape index (κ2) is 10.9. The zero-order valence-corrected chi connectivity index (χ0v) is 17.8. The maximum atomic E-state index is 11.2. The van der Waals surface area contributed by atoms with Gasteiger partial charge >= 0.3 is 6.16 Å². The van der Waals surface area contributed by atoms with E-state index in [1.807, 2.05) is 6.07 Å². The zero-order valence-electron chi connectivity index (χ0n) is 17.8. The lowest BCUT2D eigenvalue weighted by Gasteiger charge is -2.21. The van der Waals surface area contributed by atoms with Crippen LogP contribution in [0.3, 0.4) is 0 Å². The number of benzene rings is 2. The van der Waals surface area contributed by atoms with E-state index in [0.29, 0.717) is 5.75 Å². The fourth-order valence-corrected chi connectivity index (χ4v) is 4.02. The van der Waals surface area contributed by atoms with Crippen molar-refractivity contribution in [2.75, 3.05) is 0 Å². The van der Waals surface area contributed by atoms with Gasteiger partial charge in [0.2, 0.25) is 0 Å². The first kappa shape index (κ1) is 22.0. The van der Waals surface area contributed by atoms with Gasteiger partial charge < -0.3 is 9.84 Å². The van der Waals surface area contributed by atoms with Crippen molar-refractivity contribution in [2.24, 2.45) is 0 Å². The van der Waals surface area contributed by atoms with Crippen LogP contribution in [0.25, 0.3) is 11.1 Å². The van der Waals surface area contributed by atoms with Gasteiger partial charge in [-0.15, -0.1) is 0 Å². The van der Waals surface area contributed by atoms with E-state index in [4.69, 9.17) is 4.74 Å². The van der Waals surface area contributed by atoms with Crippen LogP contribution in [0.2, 0.25) is 0 Å². The molecular weight excluding hydrogens is 348 g/mol. The number of carboxylic acid groups (broad SMARTS) is 1. The Bertz CT molecular complexity index is 793. The largest absolute Gasteiger partial charge is 0.511 e. The number of hydrogen-bond acceptors (Lipinski definition) is 2. The molecule has 0 aliphatic carbocycles. The number of unbranched alkanes of at least 4 members (excludes halogenated alkanes) is 2. The number of hydrogen-bond donors (Lipinski definition) is 1. The Labute approximate surface area is 169 Å². The number of ether oxygens (including phenoxy) is 1. The third kappa shape index (κ3) is 5.15. The molecule has 3 nitrogen and oxygen atoms in total. The molecule has 0 unspecified atom stereocenters. The Kier molecular flexibility index (Phi) is 8.56. The third-order valence-corrected chi connectivity index (χ3v) is 5.44. The molecule has 0 aromatic heterocycles. The van der Waals surface area contributed by atoms with Crippen molar-refractivity contribution in [3.8, 4) is 16.9 Å². The van der Waals surface area contributed by atoms with Crippen molar-refractivity contribution in [3.63, 3.8) is 0 Å². The number of carbonyl (C=O) groups is 1. The van der Waals surface area contributed by atoms with Crippen LogP contribution in [0, 0.1) is 0 Å². The minimum absolute atomic E-state index is 0.500. The van der Waals surface area contributed by atoms with Gasteiger partial charge in [-0.1, -0.05) is 64.8 Å². The van der Waals surface area contributed by atoms with Gasteiger partial charge in [0.05, 0.1) is 0 Å². The van der Waals surface area contributed by atoms with Gasteiger partial charge in [0.15, 0.2) is 0 Å². The van der Waals surface area contributed by atoms with Crippen molar-refractivity contribution in [2.45, 2.75) is 79.1 Å². The molecule has 0 saturated heterocycles. The minimum Gasteiger partial charge on any atom is -0.449 e. The van der Waals surface area contributed by atoms with Gasteiger partial charge in [0.1, 0.15) is 5.75 Å². The lowest BCUT2D eigenvalue weighted by atomic mass is 9.85. The molecule has 0 heterocycles. The van der Waals surface area contributed by atoms with E-state index in [0.717, 1.165) is 56.9 Å². The van der Waals surface area contributed by atoms with Crippen LogP contribution >= 0.6 is 0 Å². The smallest absolute Gasteiger partial charge is 0.449 e. The van der Waals surface area contributed by atoms with Crippen LogP contribution in [0.5, 0.6) is 5.75 Å². The molecule has 0 bridgehead atoms. The fraction of sp³-hybridized carbons (Fsp3) is 0.480. The van der Waals surface area contributed by atoms with E-state index in [1.165, 1.54) is 27.8 Å². The summed E-state index contributed by atoms with van der Waals surface area (Å²) in [6.07, 6.45) is 6.83. The predicted octanol–water partition coefficient (Wildman–Crippen LogP) is 7.22. The standard InChI is InChI=1S/C25H34O3/c1-5-9-13-21-22(20-15-11-12-18(7-3)19(20)8-4)16-17-24(28-25(26)27)23(21)14-10-6-2/h11-12,15-17H,5-10,13-14H2,1-4H3,(H,26,27).